The Balaban J connectivity index is 2.30. The third-order valence-electron chi connectivity index (χ3n) is 4.21. The van der Waals surface area contributed by atoms with E-state index in [2.05, 4.69) is 86.5 Å². The van der Waals surface area contributed by atoms with Gasteiger partial charge in [-0.3, -0.25) is 0 Å². The molecule has 0 spiro atoms. The van der Waals surface area contributed by atoms with Crippen LogP contribution in [0, 0.1) is 13.8 Å². The monoisotopic (exact) mass is 293 g/mol. The van der Waals surface area contributed by atoms with Crippen molar-refractivity contribution in [3.05, 3.63) is 59.2 Å². The molecule has 0 unspecified atom stereocenters. The molecule has 0 bridgehead atoms. The van der Waals surface area contributed by atoms with Crippen LogP contribution in [0.25, 0.3) is 11.0 Å². The van der Waals surface area contributed by atoms with Gasteiger partial charge in [-0.2, -0.15) is 0 Å². The lowest BCUT2D eigenvalue weighted by Crippen LogP contribution is -2.19. The summed E-state index contributed by atoms with van der Waals surface area (Å²) in [6, 6.07) is 13.1. The number of aryl methyl sites for hydroxylation is 3. The van der Waals surface area contributed by atoms with Crippen LogP contribution < -0.4 is 5.49 Å². The van der Waals surface area contributed by atoms with Crippen molar-refractivity contribution < 1.29 is 0 Å². The van der Waals surface area contributed by atoms with Gasteiger partial charge in [0.2, 0.25) is 0 Å². The maximum absolute atomic E-state index is 4.92. The van der Waals surface area contributed by atoms with Crippen molar-refractivity contribution in [3.8, 4) is 0 Å². The third-order valence-corrected chi connectivity index (χ3v) is 4.21. The molecule has 0 amide bonds. The van der Waals surface area contributed by atoms with Crippen LogP contribution in [0.5, 0.6) is 0 Å². The zero-order valence-electron chi connectivity index (χ0n) is 14.0. The standard InChI is InChI=1S/C19H23N3/c1-13(2)22-12-11-16-9-10-17(21(5)19(16)22)20-18-14(3)7-6-8-15(18)4/h6-13H,1-5H3. The van der Waals surface area contributed by atoms with E-state index < -0.39 is 0 Å². The Morgan fingerprint density at radius 1 is 0.955 bits per heavy atom. The second-order valence-electron chi connectivity index (χ2n) is 6.20. The predicted molar refractivity (Wildman–Crippen MR) is 92.4 cm³/mol. The van der Waals surface area contributed by atoms with Gasteiger partial charge in [0.15, 0.2) is 0 Å². The Bertz CT molecular complexity index is 874. The van der Waals surface area contributed by atoms with Crippen LogP contribution in [0.1, 0.15) is 31.0 Å². The summed E-state index contributed by atoms with van der Waals surface area (Å²) in [5.74, 6) is 0. The number of nitrogens with zero attached hydrogens (tertiary/aromatic N) is 3. The highest BCUT2D eigenvalue weighted by Gasteiger charge is 2.07. The molecule has 22 heavy (non-hydrogen) atoms. The molecule has 0 radical (unpaired) electrons. The van der Waals surface area contributed by atoms with Gasteiger partial charge in [-0.25, -0.2) is 4.99 Å². The summed E-state index contributed by atoms with van der Waals surface area (Å²) < 4.78 is 4.47. The van der Waals surface area contributed by atoms with E-state index in [1.807, 2.05) is 0 Å². The van der Waals surface area contributed by atoms with Gasteiger partial charge < -0.3 is 9.13 Å². The number of fused-ring (bicyclic) bond motifs is 1. The Labute approximate surface area is 131 Å². The molecule has 2 aromatic heterocycles. The van der Waals surface area contributed by atoms with Gasteiger partial charge in [0, 0.05) is 24.7 Å². The van der Waals surface area contributed by atoms with Crippen molar-refractivity contribution in [1.29, 1.82) is 0 Å². The first-order chi connectivity index (χ1) is 10.5. The molecule has 0 saturated carbocycles. The van der Waals surface area contributed by atoms with Crippen LogP contribution in [0.15, 0.2) is 47.6 Å². The fourth-order valence-electron chi connectivity index (χ4n) is 2.96. The molecule has 3 nitrogen and oxygen atoms in total. The number of hydrogen-bond acceptors (Lipinski definition) is 1. The third kappa shape index (κ3) is 2.37. The average Bonchev–Trinajstić information content (AvgIpc) is 2.90. The van der Waals surface area contributed by atoms with Gasteiger partial charge in [0.1, 0.15) is 11.1 Å². The topological polar surface area (TPSA) is 22.2 Å². The highest BCUT2D eigenvalue weighted by molar-refractivity contribution is 5.76. The minimum absolute atomic E-state index is 0.430. The lowest BCUT2D eigenvalue weighted by Gasteiger charge is -2.13. The molecule has 1 aromatic carbocycles. The molecule has 0 aliphatic heterocycles. The minimum Gasteiger partial charge on any atom is -0.331 e. The number of aromatic nitrogens is 2. The second-order valence-corrected chi connectivity index (χ2v) is 6.20. The molecular weight excluding hydrogens is 270 g/mol. The molecule has 2 heterocycles. The normalized spacial score (nSPS) is 12.5. The van der Waals surface area contributed by atoms with Crippen LogP contribution in [0.4, 0.5) is 5.69 Å². The molecule has 0 aliphatic rings. The Morgan fingerprint density at radius 2 is 1.64 bits per heavy atom. The first kappa shape index (κ1) is 14.6. The van der Waals surface area contributed by atoms with Gasteiger partial charge in [0.05, 0.1) is 5.69 Å². The van der Waals surface area contributed by atoms with Gasteiger partial charge in [-0.15, -0.1) is 0 Å². The lowest BCUT2D eigenvalue weighted by atomic mass is 10.1. The van der Waals surface area contributed by atoms with E-state index in [9.17, 15) is 0 Å². The Hall–Kier alpha value is -2.29. The number of rotatable bonds is 2. The first-order valence-corrected chi connectivity index (χ1v) is 7.76. The molecule has 3 heteroatoms. The zero-order chi connectivity index (χ0) is 15.9. The Morgan fingerprint density at radius 3 is 2.27 bits per heavy atom. The van der Waals surface area contributed by atoms with Crippen molar-refractivity contribution in [1.82, 2.24) is 9.13 Å². The van der Waals surface area contributed by atoms with Gasteiger partial charge in [0.25, 0.3) is 0 Å². The van der Waals surface area contributed by atoms with E-state index in [-0.39, 0.29) is 0 Å². The summed E-state index contributed by atoms with van der Waals surface area (Å²) in [4.78, 5) is 4.92. The van der Waals surface area contributed by atoms with E-state index >= 15 is 0 Å². The van der Waals surface area contributed by atoms with Crippen molar-refractivity contribution in [3.63, 3.8) is 0 Å². The summed E-state index contributed by atoms with van der Waals surface area (Å²) in [6.07, 6.45) is 2.15. The van der Waals surface area contributed by atoms with Crippen LogP contribution >= 0.6 is 0 Å². The summed E-state index contributed by atoms with van der Waals surface area (Å²) in [7, 11) is 2.09. The van der Waals surface area contributed by atoms with E-state index in [0.717, 1.165) is 11.2 Å². The fraction of sp³-hybridized carbons (Fsp3) is 0.316. The largest absolute Gasteiger partial charge is 0.331 e. The van der Waals surface area contributed by atoms with E-state index in [1.165, 1.54) is 22.2 Å². The van der Waals surface area contributed by atoms with Crippen molar-refractivity contribution >= 4 is 16.7 Å². The van der Waals surface area contributed by atoms with Crippen LogP contribution in [-0.4, -0.2) is 9.13 Å². The molecule has 0 N–H and O–H groups in total. The molecule has 0 atom stereocenters. The molecule has 0 aliphatic carbocycles. The first-order valence-electron chi connectivity index (χ1n) is 7.76. The maximum atomic E-state index is 4.92. The highest BCUT2D eigenvalue weighted by Crippen LogP contribution is 2.23. The summed E-state index contributed by atoms with van der Waals surface area (Å²) >= 11 is 0. The van der Waals surface area contributed by atoms with Crippen molar-refractivity contribution in [2.45, 2.75) is 33.7 Å². The second kappa shape index (κ2) is 5.48. The number of pyridine rings is 1. The molecule has 3 aromatic rings. The van der Waals surface area contributed by atoms with Crippen LogP contribution in [-0.2, 0) is 7.05 Å². The number of para-hydroxylation sites is 1. The summed E-state index contributed by atoms with van der Waals surface area (Å²) in [5, 5.41) is 1.25. The van der Waals surface area contributed by atoms with E-state index in [4.69, 9.17) is 4.99 Å². The van der Waals surface area contributed by atoms with E-state index in [0.29, 0.717) is 6.04 Å². The molecule has 3 rings (SSSR count). The number of hydrogen-bond donors (Lipinski definition) is 0. The molecule has 0 saturated heterocycles. The average molecular weight is 293 g/mol. The number of benzene rings is 1. The molecule has 114 valence electrons. The highest BCUT2D eigenvalue weighted by atomic mass is 15.1. The fourth-order valence-corrected chi connectivity index (χ4v) is 2.96. The van der Waals surface area contributed by atoms with Gasteiger partial charge >= 0.3 is 0 Å². The SMILES string of the molecule is Cc1cccc(C)c1N=c1ccc2ccn(C(C)C)c2n1C. The lowest BCUT2D eigenvalue weighted by molar-refractivity contribution is 0.606. The minimum atomic E-state index is 0.430. The quantitative estimate of drug-likeness (QED) is 0.668. The van der Waals surface area contributed by atoms with Crippen molar-refractivity contribution in [2.75, 3.05) is 0 Å². The van der Waals surface area contributed by atoms with Crippen molar-refractivity contribution in [2.24, 2.45) is 12.0 Å². The molecular formula is C19H23N3. The summed E-state index contributed by atoms with van der Waals surface area (Å²) in [5.41, 5.74) is 5.67. The van der Waals surface area contributed by atoms with Crippen LogP contribution in [0.2, 0.25) is 0 Å². The zero-order valence-corrected chi connectivity index (χ0v) is 14.0. The smallest absolute Gasteiger partial charge is 0.134 e. The van der Waals surface area contributed by atoms with Gasteiger partial charge in [-0.05, 0) is 57.0 Å². The summed E-state index contributed by atoms with van der Waals surface area (Å²) in [6.45, 7) is 8.63. The van der Waals surface area contributed by atoms with Crippen LogP contribution in [0.3, 0.4) is 0 Å². The van der Waals surface area contributed by atoms with Gasteiger partial charge in [-0.1, -0.05) is 18.2 Å². The predicted octanol–water partition coefficient (Wildman–Crippen LogP) is 4.41. The Kier molecular flexibility index (Phi) is 3.65. The maximum Gasteiger partial charge on any atom is 0.134 e. The van der Waals surface area contributed by atoms with E-state index in [1.54, 1.807) is 0 Å². The molecule has 0 fully saturated rings.